The van der Waals surface area contributed by atoms with Crippen LogP contribution in [0.4, 0.5) is 5.69 Å². The first kappa shape index (κ1) is 15.3. The highest BCUT2D eigenvalue weighted by Gasteiger charge is 2.29. The van der Waals surface area contributed by atoms with Gasteiger partial charge in [-0.3, -0.25) is 9.10 Å². The number of anilines is 1. The third-order valence-electron chi connectivity index (χ3n) is 4.38. The van der Waals surface area contributed by atoms with Crippen molar-refractivity contribution in [3.8, 4) is 0 Å². The predicted octanol–water partition coefficient (Wildman–Crippen LogP) is 0.660. The monoisotopic (exact) mass is 323 g/mol. The molecule has 3 rings (SSSR count). The summed E-state index contributed by atoms with van der Waals surface area (Å²) in [5.74, 6) is 0.117. The second-order valence-electron chi connectivity index (χ2n) is 5.85. The maximum absolute atomic E-state index is 12.6. The first-order valence-corrected chi connectivity index (χ1v) is 9.18. The fraction of sp³-hybridized carbons (Fsp3) is 0.533. The van der Waals surface area contributed by atoms with Crippen molar-refractivity contribution in [1.82, 2.24) is 10.2 Å². The van der Waals surface area contributed by atoms with Crippen LogP contribution < -0.4 is 9.62 Å². The summed E-state index contributed by atoms with van der Waals surface area (Å²) in [6, 6.07) is 7.12. The molecule has 0 aromatic heterocycles. The topological polar surface area (TPSA) is 69.7 Å². The van der Waals surface area contributed by atoms with E-state index in [0.717, 1.165) is 19.5 Å². The highest BCUT2D eigenvalue weighted by Crippen LogP contribution is 2.25. The SMILES string of the molecule is CN(C(=O)c1cccc(N2CCCS2(=O)=O)c1)C1CCNC1. The lowest BCUT2D eigenvalue weighted by molar-refractivity contribution is 0.0744. The molecule has 1 aromatic rings. The Morgan fingerprint density at radius 1 is 1.41 bits per heavy atom. The maximum Gasteiger partial charge on any atom is 0.253 e. The molecular weight excluding hydrogens is 302 g/mol. The molecule has 0 bridgehead atoms. The van der Waals surface area contributed by atoms with E-state index in [-0.39, 0.29) is 17.7 Å². The molecule has 1 unspecified atom stereocenters. The molecule has 2 saturated heterocycles. The van der Waals surface area contributed by atoms with Gasteiger partial charge in [0.25, 0.3) is 5.91 Å². The molecule has 1 N–H and O–H groups in total. The zero-order valence-corrected chi connectivity index (χ0v) is 13.5. The number of nitrogens with one attached hydrogen (secondary N) is 1. The number of carbonyl (C=O) groups is 1. The average molecular weight is 323 g/mol. The van der Waals surface area contributed by atoms with Crippen LogP contribution in [0.3, 0.4) is 0 Å². The molecule has 120 valence electrons. The van der Waals surface area contributed by atoms with E-state index in [9.17, 15) is 13.2 Å². The summed E-state index contributed by atoms with van der Waals surface area (Å²) >= 11 is 0. The molecule has 0 spiro atoms. The van der Waals surface area contributed by atoms with E-state index in [0.29, 0.717) is 24.2 Å². The minimum Gasteiger partial charge on any atom is -0.337 e. The van der Waals surface area contributed by atoms with Crippen molar-refractivity contribution < 1.29 is 13.2 Å². The summed E-state index contributed by atoms with van der Waals surface area (Å²) < 4.78 is 25.4. The van der Waals surface area contributed by atoms with Crippen LogP contribution in [0.5, 0.6) is 0 Å². The van der Waals surface area contributed by atoms with E-state index in [1.807, 2.05) is 0 Å². The van der Waals surface area contributed by atoms with Crippen molar-refractivity contribution in [2.45, 2.75) is 18.9 Å². The lowest BCUT2D eigenvalue weighted by Crippen LogP contribution is -2.38. The number of carbonyl (C=O) groups excluding carboxylic acids is 1. The number of amides is 1. The Kier molecular flexibility index (Phi) is 4.10. The summed E-state index contributed by atoms with van der Waals surface area (Å²) in [6.07, 6.45) is 1.58. The second-order valence-corrected chi connectivity index (χ2v) is 7.87. The number of sulfonamides is 1. The molecule has 0 aliphatic carbocycles. The summed E-state index contributed by atoms with van der Waals surface area (Å²) in [6.45, 7) is 2.22. The Balaban J connectivity index is 1.83. The number of hydrogen-bond donors (Lipinski definition) is 1. The second kappa shape index (κ2) is 5.89. The normalized spacial score (nSPS) is 23.7. The average Bonchev–Trinajstić information content (AvgIpc) is 3.15. The van der Waals surface area contributed by atoms with E-state index in [4.69, 9.17) is 0 Å². The maximum atomic E-state index is 12.6. The first-order valence-electron chi connectivity index (χ1n) is 7.57. The van der Waals surface area contributed by atoms with Gasteiger partial charge in [-0.05, 0) is 37.6 Å². The number of likely N-dealkylation sites (N-methyl/N-ethyl adjacent to an activating group) is 1. The van der Waals surface area contributed by atoms with Crippen molar-refractivity contribution >= 4 is 21.6 Å². The molecule has 6 nitrogen and oxygen atoms in total. The largest absolute Gasteiger partial charge is 0.337 e. The van der Waals surface area contributed by atoms with Gasteiger partial charge in [-0.25, -0.2) is 8.42 Å². The molecule has 2 aliphatic heterocycles. The van der Waals surface area contributed by atoms with Gasteiger partial charge >= 0.3 is 0 Å². The lowest BCUT2D eigenvalue weighted by Gasteiger charge is -2.24. The van der Waals surface area contributed by atoms with Crippen LogP contribution in [0, 0.1) is 0 Å². The number of nitrogens with zero attached hydrogens (tertiary/aromatic N) is 2. The summed E-state index contributed by atoms with van der Waals surface area (Å²) in [4.78, 5) is 14.3. The van der Waals surface area contributed by atoms with Gasteiger partial charge in [-0.15, -0.1) is 0 Å². The van der Waals surface area contributed by atoms with Crippen LogP contribution in [0.25, 0.3) is 0 Å². The fourth-order valence-corrected chi connectivity index (χ4v) is 4.62. The molecular formula is C15H21N3O3S. The molecule has 2 fully saturated rings. The van der Waals surface area contributed by atoms with Gasteiger partial charge in [0.15, 0.2) is 0 Å². The Morgan fingerprint density at radius 2 is 2.23 bits per heavy atom. The lowest BCUT2D eigenvalue weighted by atomic mass is 10.1. The van der Waals surface area contributed by atoms with Crippen molar-refractivity contribution in [1.29, 1.82) is 0 Å². The van der Waals surface area contributed by atoms with Crippen LogP contribution >= 0.6 is 0 Å². The van der Waals surface area contributed by atoms with E-state index >= 15 is 0 Å². The Hall–Kier alpha value is -1.60. The number of hydrogen-bond acceptors (Lipinski definition) is 4. The van der Waals surface area contributed by atoms with E-state index in [2.05, 4.69) is 5.32 Å². The molecule has 2 heterocycles. The standard InChI is InChI=1S/C15H21N3O3S/c1-17(14-6-7-16-11-14)15(19)12-4-2-5-13(10-12)18-8-3-9-22(18,20)21/h2,4-5,10,14,16H,3,6-9,11H2,1H3. The summed E-state index contributed by atoms with van der Waals surface area (Å²) in [5, 5.41) is 3.25. The van der Waals surface area contributed by atoms with E-state index in [1.54, 1.807) is 36.2 Å². The molecule has 7 heteroatoms. The fourth-order valence-electron chi connectivity index (χ4n) is 3.06. The van der Waals surface area contributed by atoms with Gasteiger partial charge in [0.1, 0.15) is 0 Å². The number of rotatable bonds is 3. The Bertz CT molecular complexity index is 668. The van der Waals surface area contributed by atoms with Crippen molar-refractivity contribution in [2.75, 3.05) is 36.7 Å². The smallest absolute Gasteiger partial charge is 0.253 e. The first-order chi connectivity index (χ1) is 10.5. The van der Waals surface area contributed by atoms with Gasteiger partial charge in [0, 0.05) is 31.7 Å². The highest BCUT2D eigenvalue weighted by atomic mass is 32.2. The van der Waals surface area contributed by atoms with Crippen LogP contribution in [-0.4, -0.2) is 57.7 Å². The molecule has 0 radical (unpaired) electrons. The quantitative estimate of drug-likeness (QED) is 0.887. The Labute approximate surface area is 131 Å². The zero-order valence-electron chi connectivity index (χ0n) is 12.7. The van der Waals surface area contributed by atoms with Gasteiger partial charge in [-0.2, -0.15) is 0 Å². The van der Waals surface area contributed by atoms with Crippen LogP contribution in [0.15, 0.2) is 24.3 Å². The van der Waals surface area contributed by atoms with Crippen LogP contribution in [0.1, 0.15) is 23.2 Å². The number of benzene rings is 1. The summed E-state index contributed by atoms with van der Waals surface area (Å²) in [7, 11) is -1.42. The molecule has 22 heavy (non-hydrogen) atoms. The van der Waals surface area contributed by atoms with Crippen LogP contribution in [0.2, 0.25) is 0 Å². The summed E-state index contributed by atoms with van der Waals surface area (Å²) in [5.41, 5.74) is 1.12. The van der Waals surface area contributed by atoms with E-state index < -0.39 is 10.0 Å². The van der Waals surface area contributed by atoms with Crippen molar-refractivity contribution in [3.63, 3.8) is 0 Å². The van der Waals surface area contributed by atoms with Crippen molar-refractivity contribution in [2.24, 2.45) is 0 Å². The minimum atomic E-state index is -3.22. The van der Waals surface area contributed by atoms with E-state index in [1.165, 1.54) is 4.31 Å². The zero-order chi connectivity index (χ0) is 15.7. The highest BCUT2D eigenvalue weighted by molar-refractivity contribution is 7.93. The minimum absolute atomic E-state index is 0.0628. The molecule has 2 aliphatic rings. The van der Waals surface area contributed by atoms with Gasteiger partial charge < -0.3 is 10.2 Å². The third-order valence-corrected chi connectivity index (χ3v) is 6.25. The Morgan fingerprint density at radius 3 is 2.86 bits per heavy atom. The molecule has 1 aromatic carbocycles. The predicted molar refractivity (Wildman–Crippen MR) is 85.6 cm³/mol. The van der Waals surface area contributed by atoms with Gasteiger partial charge in [0.2, 0.25) is 10.0 Å². The molecule has 1 atom stereocenters. The van der Waals surface area contributed by atoms with Crippen LogP contribution in [-0.2, 0) is 10.0 Å². The van der Waals surface area contributed by atoms with Crippen molar-refractivity contribution in [3.05, 3.63) is 29.8 Å². The third kappa shape index (κ3) is 2.83. The van der Waals surface area contributed by atoms with Gasteiger partial charge in [0.05, 0.1) is 11.4 Å². The molecule has 0 saturated carbocycles. The van der Waals surface area contributed by atoms with Gasteiger partial charge in [-0.1, -0.05) is 6.07 Å². The molecule has 1 amide bonds.